The van der Waals surface area contributed by atoms with Crippen LogP contribution in [0.1, 0.15) is 0 Å². The Bertz CT molecular complexity index is 274. The quantitative estimate of drug-likeness (QED) is 0.448. The number of nitrogen functional groups attached to an aromatic ring is 1. The average Bonchev–Trinajstić information content (AvgIpc) is 1.97. The topological polar surface area (TPSA) is 46.2 Å². The normalized spacial score (nSPS) is 10.1. The molecular weight excluding hydrogens is 159 g/mol. The molecule has 0 amide bonds. The third-order valence-corrected chi connectivity index (χ3v) is 1.16. The smallest absolute Gasteiger partial charge is 0.203 e. The van der Waals surface area contributed by atoms with Crippen LogP contribution in [0, 0.1) is 17.5 Å². The zero-order valence-corrected chi connectivity index (χ0v) is 5.24. The Labute approximate surface area is 60.1 Å². The number of phenolic OH excluding ortho intramolecular Hbond substituents is 1. The summed E-state index contributed by atoms with van der Waals surface area (Å²) >= 11 is 0. The van der Waals surface area contributed by atoms with Crippen LogP contribution < -0.4 is 5.73 Å². The van der Waals surface area contributed by atoms with Crippen molar-refractivity contribution in [3.05, 3.63) is 23.5 Å². The van der Waals surface area contributed by atoms with E-state index < -0.39 is 28.9 Å². The van der Waals surface area contributed by atoms with Crippen molar-refractivity contribution in [3.8, 4) is 5.75 Å². The van der Waals surface area contributed by atoms with Crippen molar-refractivity contribution < 1.29 is 18.3 Å². The molecule has 0 aliphatic carbocycles. The Morgan fingerprint density at radius 3 is 2.27 bits per heavy atom. The molecule has 3 N–H and O–H groups in total. The van der Waals surface area contributed by atoms with Gasteiger partial charge in [-0.2, -0.15) is 4.39 Å². The van der Waals surface area contributed by atoms with E-state index in [9.17, 15) is 13.2 Å². The summed E-state index contributed by atoms with van der Waals surface area (Å²) in [7, 11) is 0. The summed E-state index contributed by atoms with van der Waals surface area (Å²) in [6.07, 6.45) is 0. The molecule has 0 aromatic heterocycles. The Morgan fingerprint density at radius 1 is 1.18 bits per heavy atom. The molecule has 0 heterocycles. The van der Waals surface area contributed by atoms with Crippen molar-refractivity contribution in [1.82, 2.24) is 0 Å². The van der Waals surface area contributed by atoms with Gasteiger partial charge in [-0.25, -0.2) is 8.78 Å². The van der Waals surface area contributed by atoms with Gasteiger partial charge in [0.15, 0.2) is 17.4 Å². The maximum atomic E-state index is 12.4. The molecule has 1 aromatic carbocycles. The molecule has 0 saturated heterocycles. The fourth-order valence-corrected chi connectivity index (χ4v) is 0.609. The van der Waals surface area contributed by atoms with Gasteiger partial charge < -0.3 is 10.8 Å². The number of rotatable bonds is 0. The van der Waals surface area contributed by atoms with Crippen LogP contribution in [0.3, 0.4) is 0 Å². The predicted octanol–water partition coefficient (Wildman–Crippen LogP) is 1.39. The van der Waals surface area contributed by atoms with Crippen LogP contribution in [-0.4, -0.2) is 5.11 Å². The van der Waals surface area contributed by atoms with Crippen molar-refractivity contribution in [1.29, 1.82) is 0 Å². The lowest BCUT2D eigenvalue weighted by Gasteiger charge is -2.00. The molecule has 2 nitrogen and oxygen atoms in total. The standard InChI is InChI=1S/C6H4F3NO/c7-2-1-3(10)5(9)6(11)4(2)8/h1,11H,10H2. The number of hydrogen-bond acceptors (Lipinski definition) is 2. The van der Waals surface area contributed by atoms with Gasteiger partial charge in [0.05, 0.1) is 5.69 Å². The lowest BCUT2D eigenvalue weighted by Crippen LogP contribution is -1.96. The Hall–Kier alpha value is -1.39. The molecule has 0 aliphatic heterocycles. The third-order valence-electron chi connectivity index (χ3n) is 1.16. The van der Waals surface area contributed by atoms with Crippen molar-refractivity contribution in [2.24, 2.45) is 0 Å². The molecule has 1 rings (SSSR count). The molecule has 5 heteroatoms. The summed E-state index contributed by atoms with van der Waals surface area (Å²) in [5.74, 6) is -5.73. The summed E-state index contributed by atoms with van der Waals surface area (Å²) < 4.78 is 36.9. The van der Waals surface area contributed by atoms with Crippen molar-refractivity contribution in [2.75, 3.05) is 5.73 Å². The van der Waals surface area contributed by atoms with Gasteiger partial charge in [-0.15, -0.1) is 0 Å². The van der Waals surface area contributed by atoms with E-state index in [0.717, 1.165) is 0 Å². The highest BCUT2D eigenvalue weighted by molar-refractivity contribution is 5.46. The van der Waals surface area contributed by atoms with Crippen molar-refractivity contribution in [2.45, 2.75) is 0 Å². The van der Waals surface area contributed by atoms with E-state index in [1.54, 1.807) is 0 Å². The summed E-state index contributed by atoms with van der Waals surface area (Å²) in [6, 6.07) is 0.463. The van der Waals surface area contributed by atoms with E-state index in [0.29, 0.717) is 6.07 Å². The number of nitrogens with two attached hydrogens (primary N) is 1. The monoisotopic (exact) mass is 163 g/mol. The number of aromatic hydroxyl groups is 1. The molecule has 0 radical (unpaired) electrons. The van der Waals surface area contributed by atoms with Gasteiger partial charge in [0, 0.05) is 6.07 Å². The van der Waals surface area contributed by atoms with Gasteiger partial charge >= 0.3 is 0 Å². The van der Waals surface area contributed by atoms with Crippen LogP contribution >= 0.6 is 0 Å². The van der Waals surface area contributed by atoms with Gasteiger partial charge in [-0.05, 0) is 0 Å². The first-order chi connectivity index (χ1) is 5.04. The average molecular weight is 163 g/mol. The SMILES string of the molecule is Nc1cc(F)c(F)c(O)c1F. The number of anilines is 1. The Kier molecular flexibility index (Phi) is 1.64. The van der Waals surface area contributed by atoms with Gasteiger partial charge in [0.2, 0.25) is 5.82 Å². The van der Waals surface area contributed by atoms with Crippen LogP contribution in [-0.2, 0) is 0 Å². The second-order valence-electron chi connectivity index (χ2n) is 1.92. The fraction of sp³-hybridized carbons (Fsp3) is 0. The molecule has 0 unspecified atom stereocenters. The van der Waals surface area contributed by atoms with Gasteiger partial charge in [-0.3, -0.25) is 0 Å². The highest BCUT2D eigenvalue weighted by atomic mass is 19.2. The lowest BCUT2D eigenvalue weighted by molar-refractivity contribution is 0.378. The second kappa shape index (κ2) is 2.34. The molecule has 1 aromatic rings. The fourth-order valence-electron chi connectivity index (χ4n) is 0.609. The van der Waals surface area contributed by atoms with Crippen LogP contribution in [0.2, 0.25) is 0 Å². The molecule has 0 spiro atoms. The zero-order chi connectivity index (χ0) is 8.59. The van der Waals surface area contributed by atoms with E-state index in [-0.39, 0.29) is 0 Å². The minimum absolute atomic E-state index is 0.463. The molecule has 0 saturated carbocycles. The van der Waals surface area contributed by atoms with Gasteiger partial charge in [-0.1, -0.05) is 0 Å². The van der Waals surface area contributed by atoms with Crippen molar-refractivity contribution >= 4 is 5.69 Å². The van der Waals surface area contributed by atoms with E-state index in [1.807, 2.05) is 0 Å². The van der Waals surface area contributed by atoms with Crippen LogP contribution in [0.25, 0.3) is 0 Å². The first kappa shape index (κ1) is 7.71. The molecule has 11 heavy (non-hydrogen) atoms. The third kappa shape index (κ3) is 1.09. The lowest BCUT2D eigenvalue weighted by atomic mass is 10.2. The maximum absolute atomic E-state index is 12.4. The second-order valence-corrected chi connectivity index (χ2v) is 1.92. The molecular formula is C6H4F3NO. The summed E-state index contributed by atoms with van der Waals surface area (Å²) in [5, 5.41) is 8.50. The first-order valence-electron chi connectivity index (χ1n) is 2.66. The maximum Gasteiger partial charge on any atom is 0.203 e. The van der Waals surface area contributed by atoms with Crippen LogP contribution in [0.5, 0.6) is 5.75 Å². The molecule has 0 fully saturated rings. The molecule has 60 valence electrons. The molecule has 0 bridgehead atoms. The first-order valence-corrected chi connectivity index (χ1v) is 2.66. The van der Waals surface area contributed by atoms with Crippen LogP contribution in [0.15, 0.2) is 6.07 Å². The van der Waals surface area contributed by atoms with E-state index in [1.165, 1.54) is 0 Å². The van der Waals surface area contributed by atoms with E-state index in [4.69, 9.17) is 10.8 Å². The number of hydrogen-bond donors (Lipinski definition) is 2. The highest BCUT2D eigenvalue weighted by Crippen LogP contribution is 2.26. The minimum Gasteiger partial charge on any atom is -0.503 e. The minimum atomic E-state index is -1.63. The summed E-state index contributed by atoms with van der Waals surface area (Å²) in [5.41, 5.74) is 4.23. The number of halogens is 3. The van der Waals surface area contributed by atoms with Gasteiger partial charge in [0.1, 0.15) is 0 Å². The molecule has 0 atom stereocenters. The highest BCUT2D eigenvalue weighted by Gasteiger charge is 2.15. The Morgan fingerprint density at radius 2 is 1.73 bits per heavy atom. The van der Waals surface area contributed by atoms with E-state index >= 15 is 0 Å². The predicted molar refractivity (Wildman–Crippen MR) is 32.4 cm³/mol. The summed E-state index contributed by atoms with van der Waals surface area (Å²) in [6.45, 7) is 0. The Balaban J connectivity index is 3.46. The van der Waals surface area contributed by atoms with Gasteiger partial charge in [0.25, 0.3) is 0 Å². The zero-order valence-electron chi connectivity index (χ0n) is 5.24. The largest absolute Gasteiger partial charge is 0.503 e. The number of benzene rings is 1. The van der Waals surface area contributed by atoms with E-state index in [2.05, 4.69) is 0 Å². The van der Waals surface area contributed by atoms with Crippen molar-refractivity contribution in [3.63, 3.8) is 0 Å². The summed E-state index contributed by atoms with van der Waals surface area (Å²) in [4.78, 5) is 0. The number of phenols is 1. The van der Waals surface area contributed by atoms with Crippen LogP contribution in [0.4, 0.5) is 18.9 Å². The molecule has 0 aliphatic rings.